The molecule has 0 unspecified atom stereocenters. The van der Waals surface area contributed by atoms with Gasteiger partial charge in [0.25, 0.3) is 0 Å². The SMILES string of the molecule is O=[N+]([O-])c1c(NCCCO)cc(N2CCN(c3ccccc3Cl)CC2)c2nonc12. The lowest BCUT2D eigenvalue weighted by Gasteiger charge is -2.37. The van der Waals surface area contributed by atoms with Crippen LogP contribution in [-0.4, -0.2) is 59.7 Å². The van der Waals surface area contributed by atoms with Crippen molar-refractivity contribution in [3.05, 3.63) is 45.5 Å². The van der Waals surface area contributed by atoms with E-state index < -0.39 is 4.92 Å². The van der Waals surface area contributed by atoms with E-state index in [9.17, 15) is 10.1 Å². The van der Waals surface area contributed by atoms with Gasteiger partial charge in [0, 0.05) is 39.3 Å². The molecule has 2 aromatic carbocycles. The second-order valence-corrected chi connectivity index (χ2v) is 7.35. The Labute approximate surface area is 177 Å². The zero-order chi connectivity index (χ0) is 21.1. The summed E-state index contributed by atoms with van der Waals surface area (Å²) in [6, 6.07) is 9.44. The number of aliphatic hydroxyl groups is 1. The molecule has 10 nitrogen and oxygen atoms in total. The van der Waals surface area contributed by atoms with Gasteiger partial charge in [0.15, 0.2) is 5.52 Å². The zero-order valence-electron chi connectivity index (χ0n) is 16.1. The van der Waals surface area contributed by atoms with E-state index in [-0.39, 0.29) is 17.8 Å². The summed E-state index contributed by atoms with van der Waals surface area (Å²) in [6.45, 7) is 3.23. The summed E-state index contributed by atoms with van der Waals surface area (Å²) in [7, 11) is 0. The second kappa shape index (κ2) is 8.72. The maximum atomic E-state index is 11.7. The highest BCUT2D eigenvalue weighted by molar-refractivity contribution is 6.33. The van der Waals surface area contributed by atoms with Gasteiger partial charge in [-0.3, -0.25) is 10.1 Å². The number of para-hydroxylation sites is 1. The van der Waals surface area contributed by atoms with E-state index >= 15 is 0 Å². The van der Waals surface area contributed by atoms with Crippen molar-refractivity contribution in [3.63, 3.8) is 0 Å². The second-order valence-electron chi connectivity index (χ2n) is 6.94. The third kappa shape index (κ3) is 3.83. The average molecular weight is 433 g/mol. The Morgan fingerprint density at radius 2 is 1.80 bits per heavy atom. The lowest BCUT2D eigenvalue weighted by atomic mass is 10.1. The van der Waals surface area contributed by atoms with Gasteiger partial charge in [0.1, 0.15) is 5.69 Å². The minimum atomic E-state index is -0.493. The largest absolute Gasteiger partial charge is 0.396 e. The minimum absolute atomic E-state index is 0.00851. The smallest absolute Gasteiger partial charge is 0.323 e. The van der Waals surface area contributed by atoms with Gasteiger partial charge in [-0.25, -0.2) is 4.63 Å². The van der Waals surface area contributed by atoms with Crippen LogP contribution < -0.4 is 15.1 Å². The molecular formula is C19H21ClN6O4. The third-order valence-electron chi connectivity index (χ3n) is 5.14. The molecule has 30 heavy (non-hydrogen) atoms. The number of anilines is 3. The van der Waals surface area contributed by atoms with Gasteiger partial charge in [0.2, 0.25) is 5.52 Å². The fourth-order valence-electron chi connectivity index (χ4n) is 3.67. The quantitative estimate of drug-likeness (QED) is 0.329. The molecule has 3 aromatic rings. The molecule has 0 amide bonds. The van der Waals surface area contributed by atoms with Crippen LogP contribution in [0, 0.1) is 10.1 Å². The molecule has 0 bridgehead atoms. The highest BCUT2D eigenvalue weighted by Crippen LogP contribution is 2.39. The van der Waals surface area contributed by atoms with Crippen LogP contribution in [0.1, 0.15) is 6.42 Å². The first-order valence-electron chi connectivity index (χ1n) is 9.63. The molecule has 1 fully saturated rings. The first-order valence-corrected chi connectivity index (χ1v) is 10.0. The van der Waals surface area contributed by atoms with Crippen LogP contribution >= 0.6 is 11.6 Å². The number of piperazine rings is 1. The molecule has 4 rings (SSSR count). The van der Waals surface area contributed by atoms with Gasteiger partial charge in [-0.15, -0.1) is 0 Å². The van der Waals surface area contributed by atoms with Gasteiger partial charge in [-0.2, -0.15) is 0 Å². The fraction of sp³-hybridized carbons (Fsp3) is 0.368. The number of rotatable bonds is 7. The molecule has 1 aromatic heterocycles. The van der Waals surface area contributed by atoms with Crippen molar-refractivity contribution in [1.82, 2.24) is 10.3 Å². The molecule has 2 heterocycles. The van der Waals surface area contributed by atoms with Gasteiger partial charge in [-0.1, -0.05) is 23.7 Å². The monoisotopic (exact) mass is 432 g/mol. The number of nitro benzene ring substituents is 1. The van der Waals surface area contributed by atoms with Crippen molar-refractivity contribution >= 4 is 45.4 Å². The predicted molar refractivity (Wildman–Crippen MR) is 115 cm³/mol. The lowest BCUT2D eigenvalue weighted by molar-refractivity contribution is -0.382. The number of nitrogens with one attached hydrogen (secondary N) is 1. The van der Waals surface area contributed by atoms with E-state index in [0.717, 1.165) is 24.5 Å². The number of hydrogen-bond donors (Lipinski definition) is 2. The van der Waals surface area contributed by atoms with Crippen molar-refractivity contribution < 1.29 is 14.7 Å². The number of nitrogens with zero attached hydrogens (tertiary/aromatic N) is 5. The van der Waals surface area contributed by atoms with Crippen LogP contribution in [0.2, 0.25) is 5.02 Å². The highest BCUT2D eigenvalue weighted by Gasteiger charge is 2.29. The van der Waals surface area contributed by atoms with E-state index in [0.29, 0.717) is 42.3 Å². The van der Waals surface area contributed by atoms with Crippen molar-refractivity contribution in [2.24, 2.45) is 0 Å². The Bertz CT molecular complexity index is 1050. The van der Waals surface area contributed by atoms with Gasteiger partial charge >= 0.3 is 5.69 Å². The maximum absolute atomic E-state index is 11.7. The first kappa shape index (κ1) is 20.2. The maximum Gasteiger partial charge on any atom is 0.323 e. The van der Waals surface area contributed by atoms with Crippen LogP contribution in [-0.2, 0) is 0 Å². The number of aromatic nitrogens is 2. The summed E-state index contributed by atoms with van der Waals surface area (Å²) in [5, 5.41) is 32.1. The molecule has 0 aliphatic carbocycles. The van der Waals surface area contributed by atoms with Gasteiger partial charge < -0.3 is 20.2 Å². The molecule has 0 atom stereocenters. The van der Waals surface area contributed by atoms with Gasteiger partial charge in [-0.05, 0) is 34.9 Å². The topological polar surface area (TPSA) is 121 Å². The Hall–Kier alpha value is -3.11. The normalized spacial score (nSPS) is 14.3. The average Bonchev–Trinajstić information content (AvgIpc) is 3.23. The van der Waals surface area contributed by atoms with Crippen LogP contribution in [0.15, 0.2) is 35.0 Å². The summed E-state index contributed by atoms with van der Waals surface area (Å²) in [5.74, 6) is 0. The van der Waals surface area contributed by atoms with E-state index in [2.05, 4.69) is 25.4 Å². The number of halogens is 1. The third-order valence-corrected chi connectivity index (χ3v) is 5.46. The molecule has 1 saturated heterocycles. The molecule has 2 N–H and O–H groups in total. The van der Waals surface area contributed by atoms with Crippen LogP contribution in [0.25, 0.3) is 11.0 Å². The summed E-state index contributed by atoms with van der Waals surface area (Å²) in [4.78, 5) is 15.5. The van der Waals surface area contributed by atoms with Crippen molar-refractivity contribution in [3.8, 4) is 0 Å². The van der Waals surface area contributed by atoms with Crippen molar-refractivity contribution in [2.45, 2.75) is 6.42 Å². The van der Waals surface area contributed by atoms with Crippen molar-refractivity contribution in [2.75, 3.05) is 54.4 Å². The van der Waals surface area contributed by atoms with E-state index in [1.54, 1.807) is 6.07 Å². The highest BCUT2D eigenvalue weighted by atomic mass is 35.5. The molecule has 0 saturated carbocycles. The summed E-state index contributed by atoms with van der Waals surface area (Å²) >= 11 is 6.33. The number of aliphatic hydroxyl groups excluding tert-OH is 1. The van der Waals surface area contributed by atoms with Crippen LogP contribution in [0.4, 0.5) is 22.7 Å². The van der Waals surface area contributed by atoms with Gasteiger partial charge in [0.05, 0.1) is 21.3 Å². The molecule has 11 heteroatoms. The van der Waals surface area contributed by atoms with E-state index in [1.807, 2.05) is 24.3 Å². The molecule has 1 aliphatic rings. The molecular weight excluding hydrogens is 412 g/mol. The lowest BCUT2D eigenvalue weighted by Crippen LogP contribution is -2.46. The summed E-state index contributed by atoms with van der Waals surface area (Å²) < 4.78 is 4.85. The fourth-order valence-corrected chi connectivity index (χ4v) is 3.93. The van der Waals surface area contributed by atoms with Crippen LogP contribution in [0.3, 0.4) is 0 Å². The number of hydrogen-bond acceptors (Lipinski definition) is 9. The standard InChI is InChI=1S/C19H21ClN6O4/c20-13-4-1-2-5-15(13)24-7-9-25(10-8-24)16-12-14(21-6-3-11-27)19(26(28)29)18-17(16)22-30-23-18/h1-2,4-5,12,21,27H,3,6-11H2. The predicted octanol–water partition coefficient (Wildman–Crippen LogP) is 2.91. The Kier molecular flexibility index (Phi) is 5.86. The molecule has 158 valence electrons. The van der Waals surface area contributed by atoms with Crippen LogP contribution in [0.5, 0.6) is 0 Å². The summed E-state index contributed by atoms with van der Waals surface area (Å²) in [6.07, 6.45) is 0.470. The number of fused-ring (bicyclic) bond motifs is 1. The van der Waals surface area contributed by atoms with E-state index in [1.165, 1.54) is 0 Å². The first-order chi connectivity index (χ1) is 14.6. The Morgan fingerprint density at radius 1 is 1.13 bits per heavy atom. The van der Waals surface area contributed by atoms with Crippen molar-refractivity contribution in [1.29, 1.82) is 0 Å². The van der Waals surface area contributed by atoms with E-state index in [4.69, 9.17) is 21.3 Å². The minimum Gasteiger partial charge on any atom is -0.396 e. The number of benzene rings is 2. The Morgan fingerprint density at radius 3 is 2.47 bits per heavy atom. The zero-order valence-corrected chi connectivity index (χ0v) is 16.9. The molecule has 0 spiro atoms. The molecule has 0 radical (unpaired) electrons. The Balaban J connectivity index is 1.63. The molecule has 1 aliphatic heterocycles. The number of nitro groups is 1. The summed E-state index contributed by atoms with van der Waals surface area (Å²) in [5.41, 5.74) is 2.34.